The van der Waals surface area contributed by atoms with Crippen LogP contribution in [0.15, 0.2) is 33.7 Å². The fourth-order valence-corrected chi connectivity index (χ4v) is 2.44. The van der Waals surface area contributed by atoms with Crippen molar-refractivity contribution in [1.82, 2.24) is 15.5 Å². The minimum atomic E-state index is 0.611. The maximum Gasteiger partial charge on any atom is 0.240 e. The third-order valence-corrected chi connectivity index (χ3v) is 3.74. The van der Waals surface area contributed by atoms with E-state index in [9.17, 15) is 0 Å². The van der Waals surface area contributed by atoms with Gasteiger partial charge in [0.25, 0.3) is 0 Å². The van der Waals surface area contributed by atoms with Crippen molar-refractivity contribution in [1.29, 1.82) is 0 Å². The van der Waals surface area contributed by atoms with Crippen molar-refractivity contribution < 1.29 is 4.52 Å². The van der Waals surface area contributed by atoms with E-state index in [0.29, 0.717) is 24.0 Å². The van der Waals surface area contributed by atoms with E-state index in [1.807, 2.05) is 31.2 Å². The Balaban J connectivity index is 1.90. The topological polar surface area (TPSA) is 51.0 Å². The summed E-state index contributed by atoms with van der Waals surface area (Å²) in [7, 11) is 0. The third kappa shape index (κ3) is 3.73. The van der Waals surface area contributed by atoms with Crippen LogP contribution in [-0.4, -0.2) is 16.7 Å². The Bertz CT molecular complexity index is 504. The molecule has 96 valence electrons. The molecular weight excluding hydrogens is 270 g/mol. The van der Waals surface area contributed by atoms with Gasteiger partial charge in [-0.25, -0.2) is 0 Å². The standard InChI is InChI=1S/C12H14ClN3OS/c1-2-14-7-12-15-11(16-17-12)8-18-10-6-4-3-5-9(10)13/h3-6,14H,2,7-8H2,1H3. The number of hydrogen-bond donors (Lipinski definition) is 1. The minimum absolute atomic E-state index is 0.611. The van der Waals surface area contributed by atoms with E-state index < -0.39 is 0 Å². The Morgan fingerprint density at radius 2 is 2.22 bits per heavy atom. The molecule has 2 aromatic rings. The number of hydrogen-bond acceptors (Lipinski definition) is 5. The average molecular weight is 284 g/mol. The number of nitrogens with one attached hydrogen (secondary N) is 1. The quantitative estimate of drug-likeness (QED) is 0.826. The number of benzene rings is 1. The second-order valence-electron chi connectivity index (χ2n) is 3.60. The van der Waals surface area contributed by atoms with Crippen LogP contribution in [0.1, 0.15) is 18.6 Å². The highest BCUT2D eigenvalue weighted by atomic mass is 35.5. The number of aromatic nitrogens is 2. The summed E-state index contributed by atoms with van der Waals surface area (Å²) in [5.41, 5.74) is 0. The third-order valence-electron chi connectivity index (χ3n) is 2.23. The van der Waals surface area contributed by atoms with E-state index >= 15 is 0 Å². The molecule has 0 bridgehead atoms. The summed E-state index contributed by atoms with van der Waals surface area (Å²) < 4.78 is 5.12. The van der Waals surface area contributed by atoms with Gasteiger partial charge in [0.1, 0.15) is 0 Å². The van der Waals surface area contributed by atoms with Crippen LogP contribution >= 0.6 is 23.4 Å². The lowest BCUT2D eigenvalue weighted by Crippen LogP contribution is -2.11. The first kappa shape index (κ1) is 13.4. The fraction of sp³-hybridized carbons (Fsp3) is 0.333. The summed E-state index contributed by atoms with van der Waals surface area (Å²) >= 11 is 7.67. The fourth-order valence-electron chi connectivity index (χ4n) is 1.36. The lowest BCUT2D eigenvalue weighted by Gasteiger charge is -2.00. The van der Waals surface area contributed by atoms with Crippen LogP contribution in [0.2, 0.25) is 5.02 Å². The molecule has 0 radical (unpaired) electrons. The Labute approximate surface area is 115 Å². The summed E-state index contributed by atoms with van der Waals surface area (Å²) in [6.45, 7) is 3.52. The second-order valence-corrected chi connectivity index (χ2v) is 5.03. The van der Waals surface area contributed by atoms with Crippen LogP contribution in [0, 0.1) is 0 Å². The molecule has 0 aliphatic heterocycles. The van der Waals surface area contributed by atoms with Crippen molar-refractivity contribution in [2.24, 2.45) is 0 Å². The average Bonchev–Trinajstić information content (AvgIpc) is 2.83. The van der Waals surface area contributed by atoms with Crippen molar-refractivity contribution >= 4 is 23.4 Å². The van der Waals surface area contributed by atoms with Crippen LogP contribution in [0.4, 0.5) is 0 Å². The summed E-state index contributed by atoms with van der Waals surface area (Å²) in [5.74, 6) is 1.96. The zero-order valence-corrected chi connectivity index (χ0v) is 11.6. The van der Waals surface area contributed by atoms with Gasteiger partial charge in [-0.3, -0.25) is 0 Å². The van der Waals surface area contributed by atoms with Crippen molar-refractivity contribution in [3.05, 3.63) is 41.0 Å². The van der Waals surface area contributed by atoms with Gasteiger partial charge >= 0.3 is 0 Å². The van der Waals surface area contributed by atoms with E-state index in [0.717, 1.165) is 16.5 Å². The van der Waals surface area contributed by atoms with E-state index in [1.54, 1.807) is 11.8 Å². The van der Waals surface area contributed by atoms with Crippen LogP contribution in [0.5, 0.6) is 0 Å². The molecule has 0 saturated heterocycles. The Morgan fingerprint density at radius 1 is 1.39 bits per heavy atom. The molecular formula is C12H14ClN3OS. The molecule has 0 fully saturated rings. The predicted molar refractivity (Wildman–Crippen MR) is 72.7 cm³/mol. The maximum atomic E-state index is 6.07. The molecule has 1 N–H and O–H groups in total. The number of halogens is 1. The molecule has 0 saturated carbocycles. The molecule has 2 rings (SSSR count). The van der Waals surface area contributed by atoms with Gasteiger partial charge in [-0.05, 0) is 18.7 Å². The molecule has 1 aromatic carbocycles. The van der Waals surface area contributed by atoms with Gasteiger partial charge in [0.15, 0.2) is 5.82 Å². The Kier molecular flexibility index (Phi) is 5.04. The Hall–Kier alpha value is -1.04. The summed E-state index contributed by atoms with van der Waals surface area (Å²) in [4.78, 5) is 5.31. The zero-order valence-electron chi connectivity index (χ0n) is 10.0. The van der Waals surface area contributed by atoms with E-state index in [4.69, 9.17) is 16.1 Å². The summed E-state index contributed by atoms with van der Waals surface area (Å²) in [6, 6.07) is 7.72. The number of nitrogens with zero attached hydrogens (tertiary/aromatic N) is 2. The SMILES string of the molecule is CCNCc1nc(CSc2ccccc2Cl)no1. The highest BCUT2D eigenvalue weighted by Crippen LogP contribution is 2.28. The summed E-state index contributed by atoms with van der Waals surface area (Å²) in [5, 5.41) is 7.81. The molecule has 4 nitrogen and oxygen atoms in total. The molecule has 0 spiro atoms. The molecule has 0 atom stereocenters. The lowest BCUT2D eigenvalue weighted by molar-refractivity contribution is 0.365. The van der Waals surface area contributed by atoms with Crippen LogP contribution < -0.4 is 5.32 Å². The monoisotopic (exact) mass is 283 g/mol. The molecule has 18 heavy (non-hydrogen) atoms. The molecule has 1 aromatic heterocycles. The van der Waals surface area contributed by atoms with Gasteiger partial charge in [0, 0.05) is 4.90 Å². The first-order chi connectivity index (χ1) is 8.79. The lowest BCUT2D eigenvalue weighted by atomic mass is 10.4. The van der Waals surface area contributed by atoms with E-state index in [-0.39, 0.29) is 0 Å². The summed E-state index contributed by atoms with van der Waals surface area (Å²) in [6.07, 6.45) is 0. The van der Waals surface area contributed by atoms with Gasteiger partial charge in [-0.2, -0.15) is 4.98 Å². The van der Waals surface area contributed by atoms with E-state index in [2.05, 4.69) is 15.5 Å². The first-order valence-electron chi connectivity index (χ1n) is 5.69. The van der Waals surface area contributed by atoms with Crippen LogP contribution in [0.25, 0.3) is 0 Å². The molecule has 6 heteroatoms. The molecule has 0 amide bonds. The van der Waals surface area contributed by atoms with Crippen molar-refractivity contribution in [3.8, 4) is 0 Å². The van der Waals surface area contributed by atoms with Crippen molar-refractivity contribution in [2.45, 2.75) is 24.1 Å². The smallest absolute Gasteiger partial charge is 0.240 e. The molecule has 0 aliphatic rings. The van der Waals surface area contributed by atoms with Gasteiger partial charge < -0.3 is 9.84 Å². The zero-order chi connectivity index (χ0) is 12.8. The normalized spacial score (nSPS) is 10.8. The predicted octanol–water partition coefficient (Wildman–Crippen LogP) is 3.12. The van der Waals surface area contributed by atoms with Crippen LogP contribution in [-0.2, 0) is 12.3 Å². The van der Waals surface area contributed by atoms with Crippen molar-refractivity contribution in [3.63, 3.8) is 0 Å². The van der Waals surface area contributed by atoms with Crippen LogP contribution in [0.3, 0.4) is 0 Å². The number of thioether (sulfide) groups is 1. The largest absolute Gasteiger partial charge is 0.338 e. The Morgan fingerprint density at radius 3 is 3.00 bits per heavy atom. The highest BCUT2D eigenvalue weighted by molar-refractivity contribution is 7.98. The first-order valence-corrected chi connectivity index (χ1v) is 7.05. The maximum absolute atomic E-state index is 6.07. The number of rotatable bonds is 6. The van der Waals surface area contributed by atoms with Crippen molar-refractivity contribution in [2.75, 3.05) is 6.54 Å². The second kappa shape index (κ2) is 6.78. The highest BCUT2D eigenvalue weighted by Gasteiger charge is 2.07. The van der Waals surface area contributed by atoms with Gasteiger partial charge in [-0.1, -0.05) is 35.8 Å². The molecule has 0 unspecified atom stereocenters. The van der Waals surface area contributed by atoms with Gasteiger partial charge in [0.2, 0.25) is 5.89 Å². The molecule has 0 aliphatic carbocycles. The van der Waals surface area contributed by atoms with Gasteiger partial charge in [0.05, 0.1) is 17.3 Å². The molecule has 1 heterocycles. The van der Waals surface area contributed by atoms with E-state index in [1.165, 1.54) is 0 Å². The minimum Gasteiger partial charge on any atom is -0.338 e. The van der Waals surface area contributed by atoms with Gasteiger partial charge in [-0.15, -0.1) is 11.8 Å².